The van der Waals surface area contributed by atoms with Crippen molar-refractivity contribution in [3.8, 4) is 0 Å². The van der Waals surface area contributed by atoms with E-state index in [1.807, 2.05) is 18.2 Å². The summed E-state index contributed by atoms with van der Waals surface area (Å²) in [6.45, 7) is 1.97. The van der Waals surface area contributed by atoms with Crippen molar-refractivity contribution in [2.45, 2.75) is 31.8 Å². The predicted octanol–water partition coefficient (Wildman–Crippen LogP) is 1.56. The Kier molecular flexibility index (Phi) is 4.40. The summed E-state index contributed by atoms with van der Waals surface area (Å²) in [5.41, 5.74) is 7.86. The molecule has 2 atom stereocenters. The predicted molar refractivity (Wildman–Crippen MR) is 70.8 cm³/mol. The summed E-state index contributed by atoms with van der Waals surface area (Å²) in [7, 11) is 0. The van der Waals surface area contributed by atoms with Crippen molar-refractivity contribution in [1.82, 2.24) is 5.32 Å². The molecule has 0 bridgehead atoms. The molecule has 1 aromatic rings. The molecule has 0 aromatic heterocycles. The molecule has 1 aliphatic heterocycles. The van der Waals surface area contributed by atoms with Gasteiger partial charge >= 0.3 is 0 Å². The summed E-state index contributed by atoms with van der Waals surface area (Å²) in [4.78, 5) is 0. The number of aryl methyl sites for hydroxylation is 1. The van der Waals surface area contributed by atoms with Crippen LogP contribution >= 0.6 is 0 Å². The molecule has 0 radical (unpaired) electrons. The maximum absolute atomic E-state index is 10.0. The molecular formula is C14H22N2O. The molecule has 1 aliphatic rings. The summed E-state index contributed by atoms with van der Waals surface area (Å²) in [6, 6.07) is 8.04. The minimum atomic E-state index is -0.147. The number of aliphatic hydroxyl groups is 1. The smallest absolute Gasteiger partial charge is 0.0581 e. The van der Waals surface area contributed by atoms with Crippen molar-refractivity contribution >= 4 is 5.69 Å². The molecule has 17 heavy (non-hydrogen) atoms. The molecule has 3 nitrogen and oxygen atoms in total. The highest BCUT2D eigenvalue weighted by Gasteiger charge is 2.20. The van der Waals surface area contributed by atoms with Gasteiger partial charge in [-0.2, -0.15) is 0 Å². The van der Waals surface area contributed by atoms with Gasteiger partial charge in [0.25, 0.3) is 0 Å². The third-order valence-electron chi connectivity index (χ3n) is 3.61. The first kappa shape index (κ1) is 12.4. The fraction of sp³-hybridized carbons (Fsp3) is 0.571. The zero-order valence-electron chi connectivity index (χ0n) is 10.2. The van der Waals surface area contributed by atoms with E-state index in [-0.39, 0.29) is 6.10 Å². The van der Waals surface area contributed by atoms with Crippen LogP contribution in [0.1, 0.15) is 24.8 Å². The molecule has 1 heterocycles. The van der Waals surface area contributed by atoms with Gasteiger partial charge in [-0.05, 0) is 62.4 Å². The number of aliphatic hydroxyl groups excluding tert-OH is 1. The van der Waals surface area contributed by atoms with Crippen molar-refractivity contribution < 1.29 is 5.11 Å². The molecular weight excluding hydrogens is 212 g/mol. The van der Waals surface area contributed by atoms with Gasteiger partial charge in [0.2, 0.25) is 0 Å². The summed E-state index contributed by atoms with van der Waals surface area (Å²) in [5, 5.41) is 13.4. The van der Waals surface area contributed by atoms with E-state index in [1.54, 1.807) is 0 Å². The molecule has 1 saturated heterocycles. The van der Waals surface area contributed by atoms with Crippen LogP contribution in [0.5, 0.6) is 0 Å². The first-order valence-corrected chi connectivity index (χ1v) is 6.49. The summed E-state index contributed by atoms with van der Waals surface area (Å²) in [5.74, 6) is 0.423. The largest absolute Gasteiger partial charge is 0.399 e. The molecule has 0 spiro atoms. The number of hydrogen-bond donors (Lipinski definition) is 3. The fourth-order valence-corrected chi connectivity index (χ4v) is 2.53. The number of nitrogens with one attached hydrogen (secondary N) is 1. The molecule has 1 fully saturated rings. The lowest BCUT2D eigenvalue weighted by molar-refractivity contribution is 0.0997. The maximum Gasteiger partial charge on any atom is 0.0581 e. The Morgan fingerprint density at radius 3 is 2.94 bits per heavy atom. The standard InChI is InChI=1S/C14H22N2O/c15-13-3-1-2-11(10-13)4-5-12-6-8-16-9-7-14(12)17/h1-3,10,12,14,16-17H,4-9,15H2. The maximum atomic E-state index is 10.0. The van der Waals surface area contributed by atoms with Crippen molar-refractivity contribution in [2.24, 2.45) is 5.92 Å². The zero-order chi connectivity index (χ0) is 12.1. The summed E-state index contributed by atoms with van der Waals surface area (Å²) in [6.07, 6.45) is 3.86. The van der Waals surface area contributed by atoms with Crippen LogP contribution in [0.2, 0.25) is 0 Å². The first-order chi connectivity index (χ1) is 8.25. The van der Waals surface area contributed by atoms with E-state index in [9.17, 15) is 5.11 Å². The van der Waals surface area contributed by atoms with Crippen LogP contribution in [0.4, 0.5) is 5.69 Å². The normalized spacial score (nSPS) is 25.5. The van der Waals surface area contributed by atoms with Crippen LogP contribution in [-0.4, -0.2) is 24.3 Å². The third kappa shape index (κ3) is 3.72. The minimum absolute atomic E-state index is 0.147. The number of anilines is 1. The quantitative estimate of drug-likeness (QED) is 0.696. The van der Waals surface area contributed by atoms with Crippen LogP contribution in [0.15, 0.2) is 24.3 Å². The van der Waals surface area contributed by atoms with E-state index in [0.29, 0.717) is 5.92 Å². The lowest BCUT2D eigenvalue weighted by Gasteiger charge is -2.19. The number of nitrogens with two attached hydrogens (primary N) is 1. The molecule has 4 N–H and O–H groups in total. The van der Waals surface area contributed by atoms with Gasteiger partial charge in [0.1, 0.15) is 0 Å². The third-order valence-corrected chi connectivity index (χ3v) is 3.61. The van der Waals surface area contributed by atoms with Crippen molar-refractivity contribution in [1.29, 1.82) is 0 Å². The number of nitrogen functional groups attached to an aromatic ring is 1. The van der Waals surface area contributed by atoms with Crippen molar-refractivity contribution in [3.63, 3.8) is 0 Å². The van der Waals surface area contributed by atoms with E-state index >= 15 is 0 Å². The molecule has 0 saturated carbocycles. The van der Waals surface area contributed by atoms with Crippen LogP contribution in [-0.2, 0) is 6.42 Å². The Labute approximate surface area is 103 Å². The highest BCUT2D eigenvalue weighted by atomic mass is 16.3. The molecule has 2 unspecified atom stereocenters. The molecule has 1 aromatic carbocycles. The van der Waals surface area contributed by atoms with Gasteiger partial charge in [0.15, 0.2) is 0 Å². The van der Waals surface area contributed by atoms with Gasteiger partial charge in [-0.1, -0.05) is 12.1 Å². The molecule has 0 aliphatic carbocycles. The van der Waals surface area contributed by atoms with E-state index in [2.05, 4.69) is 11.4 Å². The van der Waals surface area contributed by atoms with Crippen molar-refractivity contribution in [3.05, 3.63) is 29.8 Å². The summed E-state index contributed by atoms with van der Waals surface area (Å²) >= 11 is 0. The Hall–Kier alpha value is -1.06. The Balaban J connectivity index is 1.88. The molecule has 0 amide bonds. The van der Waals surface area contributed by atoms with Gasteiger partial charge in [-0.3, -0.25) is 0 Å². The topological polar surface area (TPSA) is 58.3 Å². The van der Waals surface area contributed by atoms with Crippen LogP contribution in [0, 0.1) is 5.92 Å². The number of rotatable bonds is 3. The monoisotopic (exact) mass is 234 g/mol. The SMILES string of the molecule is Nc1cccc(CCC2CCNCCC2O)c1. The first-order valence-electron chi connectivity index (χ1n) is 6.49. The van der Waals surface area contributed by atoms with Crippen molar-refractivity contribution in [2.75, 3.05) is 18.8 Å². The van der Waals surface area contributed by atoms with Crippen LogP contribution in [0.3, 0.4) is 0 Å². The molecule has 3 heteroatoms. The van der Waals surface area contributed by atoms with Gasteiger partial charge in [-0.15, -0.1) is 0 Å². The molecule has 2 rings (SSSR count). The minimum Gasteiger partial charge on any atom is -0.399 e. The van der Waals surface area contributed by atoms with Gasteiger partial charge in [0.05, 0.1) is 6.10 Å². The summed E-state index contributed by atoms with van der Waals surface area (Å²) < 4.78 is 0. The van der Waals surface area contributed by atoms with E-state index in [1.165, 1.54) is 5.56 Å². The fourth-order valence-electron chi connectivity index (χ4n) is 2.53. The second-order valence-electron chi connectivity index (χ2n) is 4.94. The van der Waals surface area contributed by atoms with Gasteiger partial charge in [-0.25, -0.2) is 0 Å². The average Bonchev–Trinajstić information content (AvgIpc) is 2.52. The van der Waals surface area contributed by atoms with Crippen LogP contribution in [0.25, 0.3) is 0 Å². The van der Waals surface area contributed by atoms with Gasteiger partial charge in [0, 0.05) is 5.69 Å². The lowest BCUT2D eigenvalue weighted by atomic mass is 9.91. The Bertz CT molecular complexity index is 354. The highest BCUT2D eigenvalue weighted by Crippen LogP contribution is 2.21. The highest BCUT2D eigenvalue weighted by molar-refractivity contribution is 5.40. The van der Waals surface area contributed by atoms with E-state index in [4.69, 9.17) is 5.73 Å². The second-order valence-corrected chi connectivity index (χ2v) is 4.94. The van der Waals surface area contributed by atoms with E-state index in [0.717, 1.165) is 44.5 Å². The second kappa shape index (κ2) is 6.03. The zero-order valence-corrected chi connectivity index (χ0v) is 10.2. The number of benzene rings is 1. The van der Waals surface area contributed by atoms with E-state index < -0.39 is 0 Å². The van der Waals surface area contributed by atoms with Crippen LogP contribution < -0.4 is 11.1 Å². The lowest BCUT2D eigenvalue weighted by Crippen LogP contribution is -2.20. The number of hydrogen-bond acceptors (Lipinski definition) is 3. The average molecular weight is 234 g/mol. The van der Waals surface area contributed by atoms with Gasteiger partial charge < -0.3 is 16.2 Å². The Morgan fingerprint density at radius 2 is 2.12 bits per heavy atom. The molecule has 94 valence electrons. The Morgan fingerprint density at radius 1 is 1.29 bits per heavy atom.